The van der Waals surface area contributed by atoms with Crippen molar-refractivity contribution in [1.29, 1.82) is 0 Å². The van der Waals surface area contributed by atoms with Gasteiger partial charge in [0.05, 0.1) is 11.0 Å². The Morgan fingerprint density at radius 3 is 2.33 bits per heavy atom. The average molecular weight is 289 g/mol. The molecule has 0 aliphatic carbocycles. The molecular formula is C16H23N3O2. The van der Waals surface area contributed by atoms with Crippen molar-refractivity contribution in [3.05, 3.63) is 18.0 Å². The summed E-state index contributed by atoms with van der Waals surface area (Å²) in [5.41, 5.74) is 7.83. The molecule has 2 heterocycles. The molecule has 21 heavy (non-hydrogen) atoms. The van der Waals surface area contributed by atoms with E-state index in [0.29, 0.717) is 6.54 Å². The SMILES string of the molecule is CC(C)(N)Cn1c(C(C)(C)C)nc2cc3c(cc21)OCO3. The summed E-state index contributed by atoms with van der Waals surface area (Å²) in [6, 6.07) is 3.96. The van der Waals surface area contributed by atoms with Crippen molar-refractivity contribution >= 4 is 11.0 Å². The molecule has 1 aromatic carbocycles. The zero-order valence-electron chi connectivity index (χ0n) is 13.4. The van der Waals surface area contributed by atoms with Gasteiger partial charge in [-0.25, -0.2) is 4.98 Å². The summed E-state index contributed by atoms with van der Waals surface area (Å²) in [4.78, 5) is 4.82. The molecule has 5 heteroatoms. The van der Waals surface area contributed by atoms with Crippen LogP contribution in [0.2, 0.25) is 0 Å². The van der Waals surface area contributed by atoms with E-state index in [9.17, 15) is 0 Å². The fourth-order valence-corrected chi connectivity index (χ4v) is 2.65. The Kier molecular flexibility index (Phi) is 2.95. The zero-order valence-corrected chi connectivity index (χ0v) is 13.4. The molecule has 114 valence electrons. The van der Waals surface area contributed by atoms with Crippen LogP contribution in [0.4, 0.5) is 0 Å². The first-order chi connectivity index (χ1) is 9.65. The summed E-state index contributed by atoms with van der Waals surface area (Å²) >= 11 is 0. The van der Waals surface area contributed by atoms with Gasteiger partial charge >= 0.3 is 0 Å². The third-order valence-electron chi connectivity index (χ3n) is 3.48. The van der Waals surface area contributed by atoms with Crippen LogP contribution in [0, 0.1) is 0 Å². The van der Waals surface area contributed by atoms with E-state index in [0.717, 1.165) is 28.4 Å². The standard InChI is InChI=1S/C16H23N3O2/c1-15(2,3)14-18-10-6-12-13(21-9-20-12)7-11(10)19(14)8-16(4,5)17/h6-7H,8-9,17H2,1-5H3. The Hall–Kier alpha value is -1.75. The van der Waals surface area contributed by atoms with Gasteiger partial charge in [-0.3, -0.25) is 0 Å². The first-order valence-electron chi connectivity index (χ1n) is 7.24. The van der Waals surface area contributed by atoms with Crippen LogP contribution < -0.4 is 15.2 Å². The first kappa shape index (κ1) is 14.2. The second-order valence-corrected chi connectivity index (χ2v) is 7.45. The molecule has 0 spiro atoms. The monoisotopic (exact) mass is 289 g/mol. The Morgan fingerprint density at radius 1 is 1.14 bits per heavy atom. The molecule has 1 aliphatic rings. The fourth-order valence-electron chi connectivity index (χ4n) is 2.65. The molecule has 0 unspecified atom stereocenters. The van der Waals surface area contributed by atoms with Crippen molar-refractivity contribution in [3.63, 3.8) is 0 Å². The number of nitrogens with zero attached hydrogens (tertiary/aromatic N) is 2. The van der Waals surface area contributed by atoms with Crippen LogP contribution in [0.1, 0.15) is 40.4 Å². The highest BCUT2D eigenvalue weighted by Gasteiger charge is 2.27. The van der Waals surface area contributed by atoms with Gasteiger partial charge in [0, 0.05) is 29.6 Å². The Bertz CT molecular complexity index is 690. The molecule has 0 atom stereocenters. The molecule has 0 amide bonds. The van der Waals surface area contributed by atoms with Gasteiger partial charge in [0.2, 0.25) is 6.79 Å². The number of hydrogen-bond acceptors (Lipinski definition) is 4. The molecule has 0 saturated carbocycles. The summed E-state index contributed by atoms with van der Waals surface area (Å²) in [6.45, 7) is 11.5. The minimum atomic E-state index is -0.315. The van der Waals surface area contributed by atoms with Crippen molar-refractivity contribution < 1.29 is 9.47 Å². The molecular weight excluding hydrogens is 266 g/mol. The highest BCUT2D eigenvalue weighted by Crippen LogP contribution is 2.38. The highest BCUT2D eigenvalue weighted by atomic mass is 16.7. The number of fused-ring (bicyclic) bond motifs is 2. The minimum Gasteiger partial charge on any atom is -0.454 e. The molecule has 3 rings (SSSR count). The number of rotatable bonds is 2. The number of hydrogen-bond donors (Lipinski definition) is 1. The van der Waals surface area contributed by atoms with Gasteiger partial charge < -0.3 is 19.8 Å². The molecule has 1 aromatic heterocycles. The lowest BCUT2D eigenvalue weighted by Crippen LogP contribution is -2.38. The predicted molar refractivity (Wildman–Crippen MR) is 82.8 cm³/mol. The normalized spacial score (nSPS) is 15.0. The second-order valence-electron chi connectivity index (χ2n) is 7.45. The molecule has 0 bridgehead atoms. The van der Waals surface area contributed by atoms with E-state index < -0.39 is 0 Å². The number of aromatic nitrogens is 2. The van der Waals surface area contributed by atoms with Crippen LogP contribution in [0.3, 0.4) is 0 Å². The van der Waals surface area contributed by atoms with Gasteiger partial charge in [0.15, 0.2) is 11.5 Å². The van der Waals surface area contributed by atoms with E-state index in [4.69, 9.17) is 20.2 Å². The molecule has 1 aliphatic heterocycles. The Labute approximate surface area is 125 Å². The van der Waals surface area contributed by atoms with Gasteiger partial charge in [-0.2, -0.15) is 0 Å². The Morgan fingerprint density at radius 2 is 1.76 bits per heavy atom. The number of nitrogens with two attached hydrogens (primary N) is 1. The first-order valence-corrected chi connectivity index (χ1v) is 7.24. The highest BCUT2D eigenvalue weighted by molar-refractivity contribution is 5.81. The second kappa shape index (κ2) is 4.37. The minimum absolute atomic E-state index is 0.0591. The van der Waals surface area contributed by atoms with E-state index in [1.807, 2.05) is 26.0 Å². The molecule has 0 radical (unpaired) electrons. The Balaban J connectivity index is 2.24. The molecule has 5 nitrogen and oxygen atoms in total. The van der Waals surface area contributed by atoms with Crippen LogP contribution in [0.25, 0.3) is 11.0 Å². The smallest absolute Gasteiger partial charge is 0.231 e. The third kappa shape index (κ3) is 2.58. The lowest BCUT2D eigenvalue weighted by molar-refractivity contribution is 0.174. The van der Waals surface area contributed by atoms with Crippen molar-refractivity contribution in [1.82, 2.24) is 9.55 Å². The van der Waals surface area contributed by atoms with Crippen LogP contribution >= 0.6 is 0 Å². The summed E-state index contributed by atoms with van der Waals surface area (Å²) in [7, 11) is 0. The van der Waals surface area contributed by atoms with Crippen molar-refractivity contribution in [2.75, 3.05) is 6.79 Å². The van der Waals surface area contributed by atoms with Crippen LogP contribution in [0.5, 0.6) is 11.5 Å². The summed E-state index contributed by atoms with van der Waals surface area (Å²) in [5.74, 6) is 2.57. The quantitative estimate of drug-likeness (QED) is 0.923. The lowest BCUT2D eigenvalue weighted by Gasteiger charge is -2.25. The molecule has 0 fully saturated rings. The molecule has 0 saturated heterocycles. The van der Waals surface area contributed by atoms with E-state index >= 15 is 0 Å². The summed E-state index contributed by atoms with van der Waals surface area (Å²) < 4.78 is 13.1. The van der Waals surface area contributed by atoms with E-state index in [1.54, 1.807) is 0 Å². The molecule has 2 N–H and O–H groups in total. The maximum Gasteiger partial charge on any atom is 0.231 e. The summed E-state index contributed by atoms with van der Waals surface area (Å²) in [5, 5.41) is 0. The van der Waals surface area contributed by atoms with Crippen molar-refractivity contribution in [2.24, 2.45) is 5.73 Å². The van der Waals surface area contributed by atoms with Crippen LogP contribution in [-0.2, 0) is 12.0 Å². The van der Waals surface area contributed by atoms with Crippen molar-refractivity contribution in [3.8, 4) is 11.5 Å². The number of imidazole rings is 1. The van der Waals surface area contributed by atoms with Gasteiger partial charge in [-0.05, 0) is 13.8 Å². The van der Waals surface area contributed by atoms with E-state index in [-0.39, 0.29) is 17.7 Å². The maximum atomic E-state index is 6.24. The predicted octanol–water partition coefficient (Wildman–Crippen LogP) is 2.80. The van der Waals surface area contributed by atoms with E-state index in [1.165, 1.54) is 0 Å². The number of benzene rings is 1. The van der Waals surface area contributed by atoms with Crippen LogP contribution in [-0.4, -0.2) is 21.9 Å². The van der Waals surface area contributed by atoms with Gasteiger partial charge in [0.25, 0.3) is 0 Å². The van der Waals surface area contributed by atoms with Gasteiger partial charge in [0.1, 0.15) is 5.82 Å². The summed E-state index contributed by atoms with van der Waals surface area (Å²) in [6.07, 6.45) is 0. The fraction of sp³-hybridized carbons (Fsp3) is 0.562. The third-order valence-corrected chi connectivity index (χ3v) is 3.48. The van der Waals surface area contributed by atoms with Gasteiger partial charge in [-0.15, -0.1) is 0 Å². The average Bonchev–Trinajstić information content (AvgIpc) is 2.88. The van der Waals surface area contributed by atoms with Gasteiger partial charge in [-0.1, -0.05) is 20.8 Å². The topological polar surface area (TPSA) is 62.3 Å². The number of ether oxygens (including phenoxy) is 2. The van der Waals surface area contributed by atoms with E-state index in [2.05, 4.69) is 25.3 Å². The zero-order chi connectivity index (χ0) is 15.4. The lowest BCUT2D eigenvalue weighted by atomic mass is 9.95. The largest absolute Gasteiger partial charge is 0.454 e. The van der Waals surface area contributed by atoms with Crippen LogP contribution in [0.15, 0.2) is 12.1 Å². The van der Waals surface area contributed by atoms with Crippen molar-refractivity contribution in [2.45, 2.75) is 52.1 Å². The maximum absolute atomic E-state index is 6.24. The molecule has 2 aromatic rings.